The van der Waals surface area contributed by atoms with Crippen LogP contribution < -0.4 is 10.1 Å². The van der Waals surface area contributed by atoms with Gasteiger partial charge >= 0.3 is 0 Å². The zero-order chi connectivity index (χ0) is 14.4. The van der Waals surface area contributed by atoms with Gasteiger partial charge in [0.25, 0.3) is 0 Å². The Labute approximate surface area is 121 Å². The van der Waals surface area contributed by atoms with E-state index in [0.29, 0.717) is 6.61 Å². The van der Waals surface area contributed by atoms with Crippen LogP contribution >= 0.6 is 0 Å². The summed E-state index contributed by atoms with van der Waals surface area (Å²) < 4.78 is 5.77. The van der Waals surface area contributed by atoms with Gasteiger partial charge in [-0.3, -0.25) is 4.98 Å². The van der Waals surface area contributed by atoms with Crippen molar-refractivity contribution in [2.45, 2.75) is 39.5 Å². The molecule has 0 amide bonds. The molecule has 1 aromatic carbocycles. The molecule has 2 aromatic rings. The number of hydrogen-bond acceptors (Lipinski definition) is 3. The summed E-state index contributed by atoms with van der Waals surface area (Å²) in [6.07, 6.45) is 3.48. The number of rotatable bonds is 5. The Kier molecular flexibility index (Phi) is 4.74. The van der Waals surface area contributed by atoms with Crippen molar-refractivity contribution in [3.8, 4) is 5.75 Å². The minimum absolute atomic E-state index is 0.108. The molecule has 106 valence electrons. The monoisotopic (exact) mass is 270 g/mol. The second-order valence-electron chi connectivity index (χ2n) is 5.85. The second kappa shape index (κ2) is 6.53. The van der Waals surface area contributed by atoms with E-state index in [-0.39, 0.29) is 5.54 Å². The predicted molar refractivity (Wildman–Crippen MR) is 81.6 cm³/mol. The highest BCUT2D eigenvalue weighted by molar-refractivity contribution is 5.27. The SMILES string of the molecule is CC(C)(C)NCc1ccccc1COc1cccnc1. The Hall–Kier alpha value is -1.87. The maximum absolute atomic E-state index is 5.77. The van der Waals surface area contributed by atoms with E-state index >= 15 is 0 Å². The average Bonchev–Trinajstić information content (AvgIpc) is 2.44. The Balaban J connectivity index is 2.01. The molecule has 3 heteroatoms. The molecule has 20 heavy (non-hydrogen) atoms. The van der Waals surface area contributed by atoms with E-state index < -0.39 is 0 Å². The van der Waals surface area contributed by atoms with Crippen LogP contribution in [0, 0.1) is 0 Å². The molecule has 0 aliphatic carbocycles. The maximum Gasteiger partial charge on any atom is 0.138 e. The van der Waals surface area contributed by atoms with Gasteiger partial charge in [-0.25, -0.2) is 0 Å². The molecular formula is C17H22N2O. The van der Waals surface area contributed by atoms with Crippen LogP contribution in [-0.2, 0) is 13.2 Å². The van der Waals surface area contributed by atoms with E-state index in [0.717, 1.165) is 12.3 Å². The number of benzene rings is 1. The Morgan fingerprint density at radius 3 is 2.45 bits per heavy atom. The molecule has 0 radical (unpaired) electrons. The standard InChI is InChI=1S/C17H22N2O/c1-17(2,3)19-11-14-7-4-5-8-15(14)13-20-16-9-6-10-18-12-16/h4-10,12,19H,11,13H2,1-3H3. The Morgan fingerprint density at radius 2 is 1.80 bits per heavy atom. The van der Waals surface area contributed by atoms with Gasteiger partial charge in [0, 0.05) is 18.3 Å². The summed E-state index contributed by atoms with van der Waals surface area (Å²) in [6.45, 7) is 7.91. The molecule has 1 N–H and O–H groups in total. The first-order valence-electron chi connectivity index (χ1n) is 6.89. The molecule has 0 aliphatic rings. The largest absolute Gasteiger partial charge is 0.487 e. The fraction of sp³-hybridized carbons (Fsp3) is 0.353. The van der Waals surface area contributed by atoms with Gasteiger partial charge in [-0.2, -0.15) is 0 Å². The number of aromatic nitrogens is 1. The highest BCUT2D eigenvalue weighted by atomic mass is 16.5. The zero-order valence-electron chi connectivity index (χ0n) is 12.4. The van der Waals surface area contributed by atoms with Gasteiger partial charge in [0.1, 0.15) is 12.4 Å². The minimum Gasteiger partial charge on any atom is -0.487 e. The van der Waals surface area contributed by atoms with Gasteiger partial charge in [0.15, 0.2) is 0 Å². The predicted octanol–water partition coefficient (Wildman–Crippen LogP) is 3.55. The normalized spacial score (nSPS) is 11.3. The number of nitrogens with zero attached hydrogens (tertiary/aromatic N) is 1. The van der Waals surface area contributed by atoms with Crippen LogP contribution in [0.2, 0.25) is 0 Å². The van der Waals surface area contributed by atoms with E-state index in [1.54, 1.807) is 12.4 Å². The summed E-state index contributed by atoms with van der Waals surface area (Å²) in [7, 11) is 0. The summed E-state index contributed by atoms with van der Waals surface area (Å²) in [5.41, 5.74) is 2.58. The minimum atomic E-state index is 0.108. The van der Waals surface area contributed by atoms with Crippen LogP contribution in [0.15, 0.2) is 48.8 Å². The highest BCUT2D eigenvalue weighted by Gasteiger charge is 2.10. The summed E-state index contributed by atoms with van der Waals surface area (Å²) in [4.78, 5) is 4.05. The van der Waals surface area contributed by atoms with Crippen molar-refractivity contribution >= 4 is 0 Å². The van der Waals surface area contributed by atoms with E-state index in [1.807, 2.05) is 18.2 Å². The van der Waals surface area contributed by atoms with Crippen LogP contribution in [0.1, 0.15) is 31.9 Å². The van der Waals surface area contributed by atoms with E-state index in [9.17, 15) is 0 Å². The number of nitrogens with one attached hydrogen (secondary N) is 1. The van der Waals surface area contributed by atoms with Crippen LogP contribution in [0.5, 0.6) is 5.75 Å². The lowest BCUT2D eigenvalue weighted by molar-refractivity contribution is 0.302. The fourth-order valence-electron chi connectivity index (χ4n) is 1.82. The molecule has 2 rings (SSSR count). The number of pyridine rings is 1. The highest BCUT2D eigenvalue weighted by Crippen LogP contribution is 2.14. The summed E-state index contributed by atoms with van der Waals surface area (Å²) >= 11 is 0. The molecule has 0 fully saturated rings. The number of hydrogen-bond donors (Lipinski definition) is 1. The number of ether oxygens (including phenoxy) is 1. The van der Waals surface area contributed by atoms with Gasteiger partial charge in [0.2, 0.25) is 0 Å². The summed E-state index contributed by atoms with van der Waals surface area (Å²) in [6, 6.07) is 12.2. The topological polar surface area (TPSA) is 34.1 Å². The Morgan fingerprint density at radius 1 is 1.05 bits per heavy atom. The van der Waals surface area contributed by atoms with Crippen LogP contribution in [0.4, 0.5) is 0 Å². The lowest BCUT2D eigenvalue weighted by Crippen LogP contribution is -2.35. The maximum atomic E-state index is 5.77. The van der Waals surface area contributed by atoms with E-state index in [2.05, 4.69) is 49.3 Å². The third-order valence-electron chi connectivity index (χ3n) is 2.96. The smallest absolute Gasteiger partial charge is 0.138 e. The molecule has 0 saturated carbocycles. The lowest BCUT2D eigenvalue weighted by Gasteiger charge is -2.21. The quantitative estimate of drug-likeness (QED) is 0.902. The first kappa shape index (κ1) is 14.5. The van der Waals surface area contributed by atoms with Crippen molar-refractivity contribution in [1.29, 1.82) is 0 Å². The molecule has 0 saturated heterocycles. The molecule has 3 nitrogen and oxygen atoms in total. The van der Waals surface area contributed by atoms with Crippen LogP contribution in [-0.4, -0.2) is 10.5 Å². The third-order valence-corrected chi connectivity index (χ3v) is 2.96. The van der Waals surface area contributed by atoms with Crippen molar-refractivity contribution in [1.82, 2.24) is 10.3 Å². The lowest BCUT2D eigenvalue weighted by atomic mass is 10.1. The molecule has 1 heterocycles. The second-order valence-corrected chi connectivity index (χ2v) is 5.85. The Bertz CT molecular complexity index is 532. The molecule has 1 aromatic heterocycles. The first-order valence-corrected chi connectivity index (χ1v) is 6.89. The van der Waals surface area contributed by atoms with Gasteiger partial charge in [0.05, 0.1) is 6.20 Å². The van der Waals surface area contributed by atoms with Crippen molar-refractivity contribution in [2.75, 3.05) is 0 Å². The molecular weight excluding hydrogens is 248 g/mol. The molecule has 0 spiro atoms. The van der Waals surface area contributed by atoms with Gasteiger partial charge in [-0.1, -0.05) is 24.3 Å². The van der Waals surface area contributed by atoms with E-state index in [1.165, 1.54) is 11.1 Å². The summed E-state index contributed by atoms with van der Waals surface area (Å²) in [5.74, 6) is 0.797. The van der Waals surface area contributed by atoms with Crippen molar-refractivity contribution in [2.24, 2.45) is 0 Å². The fourth-order valence-corrected chi connectivity index (χ4v) is 1.82. The van der Waals surface area contributed by atoms with E-state index in [4.69, 9.17) is 4.74 Å². The molecule has 0 aliphatic heterocycles. The summed E-state index contributed by atoms with van der Waals surface area (Å²) in [5, 5.41) is 3.51. The van der Waals surface area contributed by atoms with Gasteiger partial charge < -0.3 is 10.1 Å². The van der Waals surface area contributed by atoms with Crippen LogP contribution in [0.25, 0.3) is 0 Å². The van der Waals surface area contributed by atoms with Crippen molar-refractivity contribution < 1.29 is 4.74 Å². The molecule has 0 bridgehead atoms. The van der Waals surface area contributed by atoms with Crippen molar-refractivity contribution in [3.63, 3.8) is 0 Å². The van der Waals surface area contributed by atoms with Gasteiger partial charge in [-0.05, 0) is 44.0 Å². The first-order chi connectivity index (χ1) is 9.54. The van der Waals surface area contributed by atoms with Crippen LogP contribution in [0.3, 0.4) is 0 Å². The molecule has 0 atom stereocenters. The zero-order valence-corrected chi connectivity index (χ0v) is 12.4. The van der Waals surface area contributed by atoms with Gasteiger partial charge in [-0.15, -0.1) is 0 Å². The molecule has 0 unspecified atom stereocenters. The van der Waals surface area contributed by atoms with Crippen molar-refractivity contribution in [3.05, 3.63) is 59.9 Å². The third kappa shape index (κ3) is 4.67. The average molecular weight is 270 g/mol.